The largest absolute Gasteiger partial charge is 0.396 e. The summed E-state index contributed by atoms with van der Waals surface area (Å²) in [6, 6.07) is 12.1. The lowest BCUT2D eigenvalue weighted by molar-refractivity contribution is 0.626. The highest BCUT2D eigenvalue weighted by atomic mass is 79.9. The van der Waals surface area contributed by atoms with Gasteiger partial charge in [0.15, 0.2) is 0 Å². The second-order valence-electron chi connectivity index (χ2n) is 4.46. The SMILES string of the molecule is Nc1cn(-c2ccc(Cl)c(F)c2)nc1-c1ccccc1Br. The van der Waals surface area contributed by atoms with Crippen molar-refractivity contribution in [3.8, 4) is 16.9 Å². The number of rotatable bonds is 2. The van der Waals surface area contributed by atoms with E-state index < -0.39 is 5.82 Å². The van der Waals surface area contributed by atoms with Crippen LogP contribution in [0.2, 0.25) is 5.02 Å². The molecule has 0 aliphatic rings. The molecule has 3 aromatic rings. The van der Waals surface area contributed by atoms with Gasteiger partial charge < -0.3 is 5.73 Å². The summed E-state index contributed by atoms with van der Waals surface area (Å²) in [4.78, 5) is 0. The molecular weight excluding hydrogens is 357 g/mol. The van der Waals surface area contributed by atoms with Crippen LogP contribution in [0.5, 0.6) is 0 Å². The van der Waals surface area contributed by atoms with Crippen LogP contribution in [0.1, 0.15) is 0 Å². The van der Waals surface area contributed by atoms with Crippen molar-refractivity contribution < 1.29 is 4.39 Å². The molecule has 0 radical (unpaired) electrons. The third-order valence-corrected chi connectivity index (χ3v) is 4.04. The van der Waals surface area contributed by atoms with E-state index >= 15 is 0 Å². The van der Waals surface area contributed by atoms with E-state index in [2.05, 4.69) is 21.0 Å². The van der Waals surface area contributed by atoms with Crippen LogP contribution in [-0.2, 0) is 0 Å². The summed E-state index contributed by atoms with van der Waals surface area (Å²) in [7, 11) is 0. The number of benzene rings is 2. The highest BCUT2D eigenvalue weighted by Gasteiger charge is 2.13. The number of halogens is 3. The minimum absolute atomic E-state index is 0.0740. The Labute approximate surface area is 134 Å². The fourth-order valence-electron chi connectivity index (χ4n) is 2.01. The average Bonchev–Trinajstić information content (AvgIpc) is 2.84. The highest BCUT2D eigenvalue weighted by Crippen LogP contribution is 2.31. The minimum Gasteiger partial charge on any atom is -0.396 e. The van der Waals surface area contributed by atoms with Gasteiger partial charge in [0.2, 0.25) is 0 Å². The van der Waals surface area contributed by atoms with E-state index in [0.717, 1.165) is 10.0 Å². The molecule has 0 fully saturated rings. The van der Waals surface area contributed by atoms with E-state index in [1.54, 1.807) is 12.3 Å². The fraction of sp³-hybridized carbons (Fsp3) is 0. The molecule has 3 nitrogen and oxygen atoms in total. The van der Waals surface area contributed by atoms with E-state index in [1.165, 1.54) is 16.8 Å². The van der Waals surface area contributed by atoms with Crippen molar-refractivity contribution >= 4 is 33.2 Å². The first-order chi connectivity index (χ1) is 10.1. The van der Waals surface area contributed by atoms with E-state index in [0.29, 0.717) is 17.1 Å². The topological polar surface area (TPSA) is 43.8 Å². The number of nitrogens with two attached hydrogens (primary N) is 1. The Morgan fingerprint density at radius 2 is 1.95 bits per heavy atom. The lowest BCUT2D eigenvalue weighted by atomic mass is 10.1. The smallest absolute Gasteiger partial charge is 0.143 e. The molecule has 0 saturated carbocycles. The molecule has 0 atom stereocenters. The van der Waals surface area contributed by atoms with Gasteiger partial charge in [0, 0.05) is 16.1 Å². The van der Waals surface area contributed by atoms with Crippen molar-refractivity contribution in [2.45, 2.75) is 0 Å². The molecule has 0 unspecified atom stereocenters. The summed E-state index contributed by atoms with van der Waals surface area (Å²) >= 11 is 9.16. The predicted octanol–water partition coefficient (Wildman–Crippen LogP) is 4.68. The lowest BCUT2D eigenvalue weighted by Gasteiger charge is -2.03. The molecule has 0 aliphatic heterocycles. The van der Waals surface area contributed by atoms with Gasteiger partial charge in [-0.15, -0.1) is 0 Å². The molecule has 21 heavy (non-hydrogen) atoms. The van der Waals surface area contributed by atoms with Crippen LogP contribution in [0, 0.1) is 5.82 Å². The van der Waals surface area contributed by atoms with Crippen LogP contribution in [0.4, 0.5) is 10.1 Å². The number of nitrogen functional groups attached to an aromatic ring is 1. The van der Waals surface area contributed by atoms with Crippen molar-refractivity contribution in [1.29, 1.82) is 0 Å². The molecule has 106 valence electrons. The molecule has 0 saturated heterocycles. The van der Waals surface area contributed by atoms with E-state index in [-0.39, 0.29) is 5.02 Å². The summed E-state index contributed by atoms with van der Waals surface area (Å²) < 4.78 is 16.0. The Morgan fingerprint density at radius 3 is 2.67 bits per heavy atom. The molecule has 0 bridgehead atoms. The first kappa shape index (κ1) is 14.1. The number of hydrogen-bond acceptors (Lipinski definition) is 2. The van der Waals surface area contributed by atoms with Crippen LogP contribution in [-0.4, -0.2) is 9.78 Å². The molecule has 3 rings (SSSR count). The predicted molar refractivity (Wildman–Crippen MR) is 86.1 cm³/mol. The first-order valence-electron chi connectivity index (χ1n) is 6.12. The van der Waals surface area contributed by atoms with Gasteiger partial charge in [-0.25, -0.2) is 9.07 Å². The van der Waals surface area contributed by atoms with E-state index in [1.807, 2.05) is 24.3 Å². The summed E-state index contributed by atoms with van der Waals surface area (Å²) in [5, 5.41) is 4.51. The van der Waals surface area contributed by atoms with Crippen molar-refractivity contribution in [2.75, 3.05) is 5.73 Å². The van der Waals surface area contributed by atoms with Gasteiger partial charge in [-0.05, 0) is 18.2 Å². The van der Waals surface area contributed by atoms with Gasteiger partial charge in [0.25, 0.3) is 0 Å². The maximum Gasteiger partial charge on any atom is 0.143 e. The highest BCUT2D eigenvalue weighted by molar-refractivity contribution is 9.10. The van der Waals surface area contributed by atoms with Crippen molar-refractivity contribution in [1.82, 2.24) is 9.78 Å². The number of anilines is 1. The standard InChI is InChI=1S/C15H10BrClFN3/c16-11-4-2-1-3-10(11)15-14(19)8-21(20-15)9-5-6-12(17)13(18)7-9/h1-8H,19H2. The number of nitrogens with zero attached hydrogens (tertiary/aromatic N) is 2. The second kappa shape index (κ2) is 5.50. The monoisotopic (exact) mass is 365 g/mol. The fourth-order valence-corrected chi connectivity index (χ4v) is 2.60. The maximum absolute atomic E-state index is 13.5. The lowest BCUT2D eigenvalue weighted by Crippen LogP contribution is -1.96. The Balaban J connectivity index is 2.09. The third kappa shape index (κ3) is 2.66. The van der Waals surface area contributed by atoms with Gasteiger partial charge in [-0.1, -0.05) is 45.7 Å². The van der Waals surface area contributed by atoms with Crippen molar-refractivity contribution in [3.63, 3.8) is 0 Å². The Bertz CT molecular complexity index is 816. The zero-order chi connectivity index (χ0) is 15.0. The molecule has 2 N–H and O–H groups in total. The second-order valence-corrected chi connectivity index (χ2v) is 5.72. The molecule has 1 heterocycles. The molecule has 0 spiro atoms. The molecule has 6 heteroatoms. The zero-order valence-corrected chi connectivity index (χ0v) is 13.1. The molecular formula is C15H10BrClFN3. The van der Waals surface area contributed by atoms with E-state index in [9.17, 15) is 4.39 Å². The van der Waals surface area contributed by atoms with Crippen LogP contribution >= 0.6 is 27.5 Å². The summed E-state index contributed by atoms with van der Waals surface area (Å²) in [5.41, 5.74) is 8.61. The normalized spacial score (nSPS) is 10.8. The number of hydrogen-bond donors (Lipinski definition) is 1. The Kier molecular flexibility index (Phi) is 3.69. The van der Waals surface area contributed by atoms with Crippen LogP contribution in [0.25, 0.3) is 16.9 Å². The molecule has 0 amide bonds. The van der Waals surface area contributed by atoms with Gasteiger partial charge in [0.05, 0.1) is 22.6 Å². The van der Waals surface area contributed by atoms with Gasteiger partial charge >= 0.3 is 0 Å². The van der Waals surface area contributed by atoms with Crippen LogP contribution < -0.4 is 5.73 Å². The molecule has 2 aromatic carbocycles. The average molecular weight is 367 g/mol. The minimum atomic E-state index is -0.495. The first-order valence-corrected chi connectivity index (χ1v) is 7.29. The van der Waals surface area contributed by atoms with Crippen molar-refractivity contribution in [3.05, 3.63) is 64.0 Å². The Hall–Kier alpha value is -1.85. The quantitative estimate of drug-likeness (QED) is 0.716. The van der Waals surface area contributed by atoms with Gasteiger partial charge in [0.1, 0.15) is 11.5 Å². The Morgan fingerprint density at radius 1 is 1.19 bits per heavy atom. The number of aromatic nitrogens is 2. The van der Waals surface area contributed by atoms with Crippen molar-refractivity contribution in [2.24, 2.45) is 0 Å². The third-order valence-electron chi connectivity index (χ3n) is 3.04. The summed E-state index contributed by atoms with van der Waals surface area (Å²) in [6.07, 6.45) is 1.65. The molecule has 1 aromatic heterocycles. The summed E-state index contributed by atoms with van der Waals surface area (Å²) in [6.45, 7) is 0. The summed E-state index contributed by atoms with van der Waals surface area (Å²) in [5.74, 6) is -0.495. The van der Waals surface area contributed by atoms with E-state index in [4.69, 9.17) is 17.3 Å². The maximum atomic E-state index is 13.5. The zero-order valence-electron chi connectivity index (χ0n) is 10.7. The van der Waals surface area contributed by atoms with Gasteiger partial charge in [-0.2, -0.15) is 5.10 Å². The van der Waals surface area contributed by atoms with Crippen LogP contribution in [0.15, 0.2) is 53.1 Å². The van der Waals surface area contributed by atoms with Crippen LogP contribution in [0.3, 0.4) is 0 Å². The molecule has 0 aliphatic carbocycles. The van der Waals surface area contributed by atoms with Gasteiger partial charge in [-0.3, -0.25) is 0 Å².